The lowest BCUT2D eigenvalue weighted by Crippen LogP contribution is -2.12. The Kier molecular flexibility index (Phi) is 2.82. The standard InChI is InChI=1S/C10H13N5/c11-10-9(3-1-4-13-10)12-6-8-15-7-2-5-14-15/h1-5,7,12H,6,8H2,(H2,11,13). The first-order valence-corrected chi connectivity index (χ1v) is 4.78. The molecule has 0 fully saturated rings. The van der Waals surface area contributed by atoms with Crippen LogP contribution in [0.4, 0.5) is 11.5 Å². The van der Waals surface area contributed by atoms with E-state index < -0.39 is 0 Å². The minimum Gasteiger partial charge on any atom is -0.382 e. The van der Waals surface area contributed by atoms with E-state index in [4.69, 9.17) is 5.73 Å². The van der Waals surface area contributed by atoms with E-state index in [0.717, 1.165) is 18.8 Å². The lowest BCUT2D eigenvalue weighted by Gasteiger charge is -2.07. The van der Waals surface area contributed by atoms with Crippen LogP contribution in [0.1, 0.15) is 0 Å². The third-order valence-electron chi connectivity index (χ3n) is 2.05. The minimum absolute atomic E-state index is 0.526. The summed E-state index contributed by atoms with van der Waals surface area (Å²) in [5.74, 6) is 0.526. The number of nitrogens with zero attached hydrogens (tertiary/aromatic N) is 3. The second kappa shape index (κ2) is 4.45. The number of nitrogens with one attached hydrogen (secondary N) is 1. The minimum atomic E-state index is 0.526. The van der Waals surface area contributed by atoms with E-state index in [-0.39, 0.29) is 0 Å². The van der Waals surface area contributed by atoms with Crippen LogP contribution in [0.5, 0.6) is 0 Å². The topological polar surface area (TPSA) is 68.8 Å². The van der Waals surface area contributed by atoms with E-state index in [1.165, 1.54) is 0 Å². The number of anilines is 2. The van der Waals surface area contributed by atoms with Crippen molar-refractivity contribution in [1.82, 2.24) is 14.8 Å². The van der Waals surface area contributed by atoms with Crippen molar-refractivity contribution in [2.75, 3.05) is 17.6 Å². The summed E-state index contributed by atoms with van der Waals surface area (Å²) in [6.45, 7) is 1.58. The number of nitrogen functional groups attached to an aromatic ring is 1. The van der Waals surface area contributed by atoms with Crippen LogP contribution in [0.2, 0.25) is 0 Å². The molecule has 5 heteroatoms. The van der Waals surface area contributed by atoms with E-state index in [9.17, 15) is 0 Å². The van der Waals surface area contributed by atoms with E-state index in [0.29, 0.717) is 5.82 Å². The van der Waals surface area contributed by atoms with Gasteiger partial charge in [0.1, 0.15) is 5.82 Å². The molecule has 0 atom stereocenters. The summed E-state index contributed by atoms with van der Waals surface area (Å²) in [6, 6.07) is 5.66. The van der Waals surface area contributed by atoms with Crippen LogP contribution in [0.3, 0.4) is 0 Å². The van der Waals surface area contributed by atoms with Crippen LogP contribution in [-0.2, 0) is 6.54 Å². The smallest absolute Gasteiger partial charge is 0.146 e. The van der Waals surface area contributed by atoms with Crippen molar-refractivity contribution in [2.45, 2.75) is 6.54 Å². The maximum atomic E-state index is 5.68. The van der Waals surface area contributed by atoms with Crippen molar-refractivity contribution in [1.29, 1.82) is 0 Å². The Balaban J connectivity index is 1.86. The molecule has 5 nitrogen and oxygen atoms in total. The molecule has 15 heavy (non-hydrogen) atoms. The number of hydrogen-bond acceptors (Lipinski definition) is 4. The Morgan fingerprint density at radius 1 is 1.33 bits per heavy atom. The van der Waals surface area contributed by atoms with Gasteiger partial charge in [-0.25, -0.2) is 4.98 Å². The van der Waals surface area contributed by atoms with Gasteiger partial charge in [-0.05, 0) is 18.2 Å². The molecular weight excluding hydrogens is 190 g/mol. The normalized spacial score (nSPS) is 10.1. The number of aromatic nitrogens is 3. The summed E-state index contributed by atoms with van der Waals surface area (Å²) >= 11 is 0. The van der Waals surface area contributed by atoms with Crippen molar-refractivity contribution in [3.8, 4) is 0 Å². The largest absolute Gasteiger partial charge is 0.382 e. The molecule has 2 aromatic heterocycles. The van der Waals surface area contributed by atoms with Gasteiger partial charge in [0.15, 0.2) is 0 Å². The molecule has 2 rings (SSSR count). The summed E-state index contributed by atoms with van der Waals surface area (Å²) in [4.78, 5) is 3.99. The molecule has 0 spiro atoms. The van der Waals surface area contributed by atoms with Gasteiger partial charge < -0.3 is 11.1 Å². The van der Waals surface area contributed by atoms with Crippen LogP contribution in [0.25, 0.3) is 0 Å². The Labute approximate surface area is 87.9 Å². The molecule has 0 aliphatic carbocycles. The summed E-state index contributed by atoms with van der Waals surface area (Å²) in [7, 11) is 0. The fraction of sp³-hybridized carbons (Fsp3) is 0.200. The highest BCUT2D eigenvalue weighted by atomic mass is 15.3. The third kappa shape index (κ3) is 2.46. The fourth-order valence-corrected chi connectivity index (χ4v) is 1.30. The average Bonchev–Trinajstić information content (AvgIpc) is 2.74. The maximum Gasteiger partial charge on any atom is 0.146 e. The lowest BCUT2D eigenvalue weighted by atomic mass is 10.4. The molecule has 78 valence electrons. The second-order valence-electron chi connectivity index (χ2n) is 3.13. The Morgan fingerprint density at radius 2 is 2.27 bits per heavy atom. The van der Waals surface area contributed by atoms with Gasteiger partial charge in [-0.3, -0.25) is 4.68 Å². The Bertz CT molecular complexity index is 410. The van der Waals surface area contributed by atoms with Gasteiger partial charge in [0.25, 0.3) is 0 Å². The molecule has 0 radical (unpaired) electrons. The molecular formula is C10H13N5. The van der Waals surface area contributed by atoms with Crippen LogP contribution in [0, 0.1) is 0 Å². The van der Waals surface area contributed by atoms with E-state index in [1.807, 2.05) is 29.1 Å². The van der Waals surface area contributed by atoms with Crippen LogP contribution < -0.4 is 11.1 Å². The number of pyridine rings is 1. The molecule has 3 N–H and O–H groups in total. The highest BCUT2D eigenvalue weighted by molar-refractivity contribution is 5.60. The highest BCUT2D eigenvalue weighted by Gasteiger charge is 1.97. The number of nitrogens with two attached hydrogens (primary N) is 1. The summed E-state index contributed by atoms with van der Waals surface area (Å²) < 4.78 is 1.86. The van der Waals surface area contributed by atoms with Crippen molar-refractivity contribution in [2.24, 2.45) is 0 Å². The third-order valence-corrected chi connectivity index (χ3v) is 2.05. The average molecular weight is 203 g/mol. The zero-order valence-electron chi connectivity index (χ0n) is 8.30. The molecule has 0 aliphatic heterocycles. The molecule has 0 unspecified atom stereocenters. The molecule has 0 aromatic carbocycles. The molecule has 0 saturated heterocycles. The highest BCUT2D eigenvalue weighted by Crippen LogP contribution is 2.12. The second-order valence-corrected chi connectivity index (χ2v) is 3.13. The van der Waals surface area contributed by atoms with Gasteiger partial charge in [-0.2, -0.15) is 5.10 Å². The SMILES string of the molecule is Nc1ncccc1NCCn1cccn1. The predicted octanol–water partition coefficient (Wildman–Crippen LogP) is 0.972. The predicted molar refractivity (Wildman–Crippen MR) is 59.4 cm³/mol. The van der Waals surface area contributed by atoms with Gasteiger partial charge in [-0.1, -0.05) is 0 Å². The van der Waals surface area contributed by atoms with Gasteiger partial charge in [0.05, 0.1) is 12.2 Å². The van der Waals surface area contributed by atoms with Crippen molar-refractivity contribution >= 4 is 11.5 Å². The van der Waals surface area contributed by atoms with E-state index in [1.54, 1.807) is 12.4 Å². The van der Waals surface area contributed by atoms with Gasteiger partial charge >= 0.3 is 0 Å². The summed E-state index contributed by atoms with van der Waals surface area (Å²) in [5, 5.41) is 7.30. The summed E-state index contributed by atoms with van der Waals surface area (Å²) in [6.07, 6.45) is 5.36. The first-order valence-electron chi connectivity index (χ1n) is 4.78. The molecule has 0 aliphatic rings. The lowest BCUT2D eigenvalue weighted by molar-refractivity contribution is 0.638. The van der Waals surface area contributed by atoms with Gasteiger partial charge in [0, 0.05) is 25.1 Å². The first-order chi connectivity index (χ1) is 7.36. The zero-order valence-corrected chi connectivity index (χ0v) is 8.30. The van der Waals surface area contributed by atoms with Crippen LogP contribution >= 0.6 is 0 Å². The van der Waals surface area contributed by atoms with Crippen molar-refractivity contribution in [3.63, 3.8) is 0 Å². The number of hydrogen-bond donors (Lipinski definition) is 2. The van der Waals surface area contributed by atoms with E-state index in [2.05, 4.69) is 15.4 Å². The van der Waals surface area contributed by atoms with E-state index >= 15 is 0 Å². The fourth-order valence-electron chi connectivity index (χ4n) is 1.30. The van der Waals surface area contributed by atoms with Crippen LogP contribution in [0.15, 0.2) is 36.8 Å². The zero-order chi connectivity index (χ0) is 10.5. The first kappa shape index (κ1) is 9.51. The number of rotatable bonds is 4. The van der Waals surface area contributed by atoms with Crippen molar-refractivity contribution < 1.29 is 0 Å². The van der Waals surface area contributed by atoms with Crippen LogP contribution in [-0.4, -0.2) is 21.3 Å². The molecule has 2 heterocycles. The monoisotopic (exact) mass is 203 g/mol. The molecule has 0 amide bonds. The molecule has 0 bridgehead atoms. The Hall–Kier alpha value is -2.04. The Morgan fingerprint density at radius 3 is 3.00 bits per heavy atom. The van der Waals surface area contributed by atoms with Crippen molar-refractivity contribution in [3.05, 3.63) is 36.8 Å². The maximum absolute atomic E-state index is 5.68. The quantitative estimate of drug-likeness (QED) is 0.777. The molecule has 0 saturated carbocycles. The summed E-state index contributed by atoms with van der Waals surface area (Å²) in [5.41, 5.74) is 6.55. The molecule has 2 aromatic rings. The van der Waals surface area contributed by atoms with Gasteiger partial charge in [-0.15, -0.1) is 0 Å². The van der Waals surface area contributed by atoms with Gasteiger partial charge in [0.2, 0.25) is 0 Å².